The van der Waals surface area contributed by atoms with E-state index in [0.717, 1.165) is 41.0 Å². The highest BCUT2D eigenvalue weighted by molar-refractivity contribution is 7.92. The fourth-order valence-corrected chi connectivity index (χ4v) is 7.35. The first kappa shape index (κ1) is 26.7. The van der Waals surface area contributed by atoms with Crippen molar-refractivity contribution in [3.63, 3.8) is 0 Å². The highest BCUT2D eigenvalue weighted by Crippen LogP contribution is 2.44. The van der Waals surface area contributed by atoms with Crippen molar-refractivity contribution >= 4 is 16.0 Å². The Morgan fingerprint density at radius 3 is 2.42 bits per heavy atom. The van der Waals surface area contributed by atoms with Gasteiger partial charge in [0.25, 0.3) is 10.0 Å². The van der Waals surface area contributed by atoms with E-state index in [1.807, 2.05) is 50.2 Å². The Hall–Kier alpha value is -2.93. The number of fused-ring (bicyclic) bond motifs is 4. The molecule has 2 aromatic carbocycles. The Morgan fingerprint density at radius 1 is 1.03 bits per heavy atom. The molecule has 1 fully saturated rings. The van der Waals surface area contributed by atoms with Crippen LogP contribution < -0.4 is 9.46 Å². The molecule has 5 rings (SSSR count). The Labute approximate surface area is 227 Å². The number of rotatable bonds is 5. The SMILES string of the molecule is Cc1cccc(C)c1-c1cc2nc(n1)NS(=O)(=O)c1cccc(c1)C(CC1CC(C)C1)[C@H](CC(C)C)CO2. The first-order valence-electron chi connectivity index (χ1n) is 13.8. The van der Waals surface area contributed by atoms with Crippen LogP contribution in [0.25, 0.3) is 11.3 Å². The van der Waals surface area contributed by atoms with E-state index in [-0.39, 0.29) is 22.7 Å². The van der Waals surface area contributed by atoms with Crippen LogP contribution in [0.15, 0.2) is 53.4 Å². The molecule has 0 radical (unpaired) electrons. The third-order valence-electron chi connectivity index (χ3n) is 8.11. The molecule has 1 aromatic heterocycles. The molecule has 2 heterocycles. The Kier molecular flexibility index (Phi) is 7.49. The molecule has 7 heteroatoms. The summed E-state index contributed by atoms with van der Waals surface area (Å²) >= 11 is 0. The summed E-state index contributed by atoms with van der Waals surface area (Å²) in [5.41, 5.74) is 4.80. The van der Waals surface area contributed by atoms with E-state index in [9.17, 15) is 8.42 Å². The summed E-state index contributed by atoms with van der Waals surface area (Å²) in [7, 11) is -3.89. The molecule has 1 saturated carbocycles. The fraction of sp³-hybridized carbons (Fsp3) is 0.484. The molecule has 0 amide bonds. The molecule has 38 heavy (non-hydrogen) atoms. The van der Waals surface area contributed by atoms with Crippen LogP contribution in [0.1, 0.15) is 69.1 Å². The van der Waals surface area contributed by atoms with Gasteiger partial charge >= 0.3 is 0 Å². The van der Waals surface area contributed by atoms with E-state index < -0.39 is 10.0 Å². The lowest BCUT2D eigenvalue weighted by Crippen LogP contribution is -2.29. The summed E-state index contributed by atoms with van der Waals surface area (Å²) in [5.74, 6) is 2.78. The Morgan fingerprint density at radius 2 is 1.74 bits per heavy atom. The lowest BCUT2D eigenvalue weighted by atomic mass is 9.68. The average Bonchev–Trinajstić information content (AvgIpc) is 2.83. The minimum Gasteiger partial charge on any atom is -0.477 e. The van der Waals surface area contributed by atoms with Crippen LogP contribution >= 0.6 is 0 Å². The number of hydrogen-bond acceptors (Lipinski definition) is 5. The highest BCUT2D eigenvalue weighted by Gasteiger charge is 2.34. The quantitative estimate of drug-likeness (QED) is 0.377. The van der Waals surface area contributed by atoms with Crippen molar-refractivity contribution in [2.24, 2.45) is 23.7 Å². The fourth-order valence-electron chi connectivity index (χ4n) is 6.35. The molecule has 0 saturated heterocycles. The lowest BCUT2D eigenvalue weighted by molar-refractivity contribution is 0.140. The summed E-state index contributed by atoms with van der Waals surface area (Å²) in [4.78, 5) is 9.37. The Balaban J connectivity index is 1.62. The molecular weight excluding hydrogens is 494 g/mol. The molecule has 1 N–H and O–H groups in total. The summed E-state index contributed by atoms with van der Waals surface area (Å²) in [6, 6.07) is 15.4. The van der Waals surface area contributed by atoms with Gasteiger partial charge in [-0.1, -0.05) is 51.1 Å². The van der Waals surface area contributed by atoms with Crippen LogP contribution in [-0.4, -0.2) is 25.0 Å². The van der Waals surface area contributed by atoms with Gasteiger partial charge in [-0.15, -0.1) is 0 Å². The topological polar surface area (TPSA) is 81.2 Å². The standard InChI is InChI=1S/C31H39N3O3S/c1-19(2)12-25-18-37-29-17-28(30-21(4)8-6-9-22(30)5)32-31(33-29)34-38(35,36)26-11-7-10-24(16-26)27(25)15-23-13-20(3)14-23/h6-11,16-17,19-20,23,25,27H,12-15,18H2,1-5H3,(H,32,33,34)/t20?,23?,25-,27?/m1/s1. The maximum absolute atomic E-state index is 13.5. The zero-order valence-electron chi connectivity index (χ0n) is 23.1. The number of nitrogens with zero attached hydrogens (tertiary/aromatic N) is 2. The van der Waals surface area contributed by atoms with Gasteiger partial charge in [0.1, 0.15) is 0 Å². The number of ether oxygens (including phenoxy) is 1. The molecule has 1 aliphatic heterocycles. The van der Waals surface area contributed by atoms with Crippen LogP contribution in [0.4, 0.5) is 5.95 Å². The monoisotopic (exact) mass is 533 g/mol. The largest absolute Gasteiger partial charge is 0.477 e. The smallest absolute Gasteiger partial charge is 0.264 e. The Bertz CT molecular complexity index is 1390. The molecule has 2 atom stereocenters. The molecule has 202 valence electrons. The van der Waals surface area contributed by atoms with E-state index in [4.69, 9.17) is 4.74 Å². The zero-order valence-corrected chi connectivity index (χ0v) is 23.9. The maximum Gasteiger partial charge on any atom is 0.264 e. The van der Waals surface area contributed by atoms with Crippen LogP contribution in [0, 0.1) is 37.5 Å². The van der Waals surface area contributed by atoms with Crippen molar-refractivity contribution in [2.45, 2.75) is 71.1 Å². The minimum absolute atomic E-state index is 0.0199. The van der Waals surface area contributed by atoms with Crippen LogP contribution in [-0.2, 0) is 10.0 Å². The van der Waals surface area contributed by atoms with E-state index in [0.29, 0.717) is 30.0 Å². The molecule has 2 aliphatic rings. The van der Waals surface area contributed by atoms with Gasteiger partial charge in [0.05, 0.1) is 17.2 Å². The molecular formula is C31H39N3O3S. The number of benzene rings is 2. The second kappa shape index (κ2) is 10.7. The minimum atomic E-state index is -3.89. The normalized spacial score (nSPS) is 24.4. The number of aromatic nitrogens is 2. The van der Waals surface area contributed by atoms with Crippen molar-refractivity contribution in [3.8, 4) is 17.1 Å². The first-order chi connectivity index (χ1) is 18.1. The summed E-state index contributed by atoms with van der Waals surface area (Å²) in [6.45, 7) is 11.4. The summed E-state index contributed by atoms with van der Waals surface area (Å²) in [6.07, 6.45) is 4.51. The summed E-state index contributed by atoms with van der Waals surface area (Å²) in [5, 5.41) is 0. The number of anilines is 1. The van der Waals surface area contributed by atoms with Gasteiger partial charge in [-0.25, -0.2) is 18.1 Å². The van der Waals surface area contributed by atoms with Crippen molar-refractivity contribution in [1.82, 2.24) is 9.97 Å². The van der Waals surface area contributed by atoms with Crippen molar-refractivity contribution in [3.05, 3.63) is 65.2 Å². The molecule has 3 aromatic rings. The van der Waals surface area contributed by atoms with Gasteiger partial charge in [-0.2, -0.15) is 4.98 Å². The number of nitrogens with one attached hydrogen (secondary N) is 1. The average molecular weight is 534 g/mol. The van der Waals surface area contributed by atoms with Crippen LogP contribution in [0.2, 0.25) is 0 Å². The third kappa shape index (κ3) is 5.73. The number of hydrogen-bond donors (Lipinski definition) is 1. The number of aryl methyl sites for hydroxylation is 2. The van der Waals surface area contributed by atoms with Gasteiger partial charge in [0.2, 0.25) is 11.8 Å². The second-order valence-corrected chi connectivity index (χ2v) is 13.5. The van der Waals surface area contributed by atoms with Gasteiger partial charge in [0, 0.05) is 17.5 Å². The van der Waals surface area contributed by atoms with Gasteiger partial charge in [-0.05, 0) is 92.0 Å². The van der Waals surface area contributed by atoms with Gasteiger partial charge in [-0.3, -0.25) is 0 Å². The lowest BCUT2D eigenvalue weighted by Gasteiger charge is -2.38. The number of sulfonamides is 1. The van der Waals surface area contributed by atoms with E-state index in [2.05, 4.69) is 41.5 Å². The van der Waals surface area contributed by atoms with Crippen molar-refractivity contribution < 1.29 is 13.2 Å². The van der Waals surface area contributed by atoms with Gasteiger partial charge < -0.3 is 4.74 Å². The van der Waals surface area contributed by atoms with E-state index >= 15 is 0 Å². The third-order valence-corrected chi connectivity index (χ3v) is 9.44. The molecule has 1 aliphatic carbocycles. The van der Waals surface area contributed by atoms with Crippen LogP contribution in [0.5, 0.6) is 5.88 Å². The van der Waals surface area contributed by atoms with E-state index in [1.165, 1.54) is 12.8 Å². The molecule has 6 nitrogen and oxygen atoms in total. The second-order valence-electron chi connectivity index (χ2n) is 11.8. The highest BCUT2D eigenvalue weighted by atomic mass is 32.2. The van der Waals surface area contributed by atoms with Crippen molar-refractivity contribution in [1.29, 1.82) is 0 Å². The molecule has 0 spiro atoms. The zero-order chi connectivity index (χ0) is 27.0. The predicted molar refractivity (Wildman–Crippen MR) is 152 cm³/mol. The summed E-state index contributed by atoms with van der Waals surface area (Å²) < 4.78 is 36.1. The van der Waals surface area contributed by atoms with Gasteiger partial charge in [0.15, 0.2) is 0 Å². The van der Waals surface area contributed by atoms with E-state index in [1.54, 1.807) is 6.07 Å². The molecule has 4 bridgehead atoms. The maximum atomic E-state index is 13.5. The van der Waals surface area contributed by atoms with Crippen molar-refractivity contribution in [2.75, 3.05) is 11.3 Å². The van der Waals surface area contributed by atoms with Crippen LogP contribution in [0.3, 0.4) is 0 Å². The predicted octanol–water partition coefficient (Wildman–Crippen LogP) is 7.14. The molecule has 1 unspecified atom stereocenters. The first-order valence-corrected chi connectivity index (χ1v) is 15.3.